The van der Waals surface area contributed by atoms with Gasteiger partial charge in [0, 0.05) is 23.1 Å². The van der Waals surface area contributed by atoms with Crippen LogP contribution in [0.25, 0.3) is 15.6 Å². The average Bonchev–Trinajstić information content (AvgIpc) is 3.07. The Hall–Kier alpha value is -3.36. The molecule has 0 radical (unpaired) electrons. The Morgan fingerprint density at radius 2 is 2.06 bits per heavy atom. The Bertz CT molecular complexity index is 1160. The topological polar surface area (TPSA) is 68.0 Å². The maximum Gasteiger partial charge on any atom is 0.255 e. The van der Waals surface area contributed by atoms with Crippen molar-refractivity contribution in [2.24, 2.45) is 5.92 Å². The number of hydrogen-bond donors (Lipinski definition) is 1. The van der Waals surface area contributed by atoms with E-state index in [0.717, 1.165) is 0 Å². The molecule has 0 bridgehead atoms. The van der Waals surface area contributed by atoms with Crippen LogP contribution in [0.3, 0.4) is 0 Å². The Kier molecular flexibility index (Phi) is 7.09. The minimum absolute atomic E-state index is 0.0817. The molecule has 0 aliphatic carbocycles. The van der Waals surface area contributed by atoms with Crippen molar-refractivity contribution in [3.8, 4) is 23.5 Å². The van der Waals surface area contributed by atoms with Gasteiger partial charge in [0.1, 0.15) is 12.4 Å². The molecule has 0 saturated carbocycles. The number of nitrogens with one attached hydrogen (secondary N) is 1. The predicted octanol–water partition coefficient (Wildman–Crippen LogP) is 3.73. The van der Waals surface area contributed by atoms with Crippen LogP contribution in [-0.4, -0.2) is 61.4 Å². The van der Waals surface area contributed by atoms with E-state index < -0.39 is 24.0 Å². The molecule has 0 spiro atoms. The summed E-state index contributed by atoms with van der Waals surface area (Å²) in [6.07, 6.45) is 0.590. The van der Waals surface area contributed by atoms with Gasteiger partial charge in [-0.25, -0.2) is 14.2 Å². The first kappa shape index (κ1) is 24.3. The van der Waals surface area contributed by atoms with E-state index in [2.05, 4.69) is 27.0 Å². The molecule has 1 saturated heterocycles. The number of pyridine rings is 1. The van der Waals surface area contributed by atoms with Crippen molar-refractivity contribution in [1.82, 2.24) is 15.2 Å². The number of carbonyl (C=O) groups is 1. The molecule has 174 valence electrons. The van der Waals surface area contributed by atoms with Gasteiger partial charge in [0.05, 0.1) is 25.3 Å². The van der Waals surface area contributed by atoms with Gasteiger partial charge in [0.2, 0.25) is 11.6 Å². The molecule has 2 heterocycles. The van der Waals surface area contributed by atoms with Gasteiger partial charge < -0.3 is 14.8 Å². The summed E-state index contributed by atoms with van der Waals surface area (Å²) >= 11 is 0. The van der Waals surface area contributed by atoms with Gasteiger partial charge in [-0.3, -0.25) is 9.69 Å². The van der Waals surface area contributed by atoms with E-state index in [9.17, 15) is 9.18 Å². The molecular weight excluding hydrogens is 423 g/mol. The number of methoxy groups -OCH3 is 1. The van der Waals surface area contributed by atoms with Crippen molar-refractivity contribution in [3.05, 3.63) is 35.3 Å². The van der Waals surface area contributed by atoms with Crippen LogP contribution in [-0.2, 0) is 4.79 Å². The molecule has 1 N–H and O–H groups in total. The standard InChI is InChI=1S/C25H29FN4O3/c1-8-16-20(29-23(31)22(16)26)14-33-24-18-12-21(32-7)19(27-4)11-17(18)15(13-28-24)9-10-25(2,3)30(5)6/h11-13,16,20,22H,8,14H2,1-3,5-7H3,(H,29,31)/t16-,20+,22-/m0/s1. The lowest BCUT2D eigenvalue weighted by molar-refractivity contribution is -0.123. The molecule has 1 aliphatic rings. The Labute approximate surface area is 194 Å². The third-order valence-corrected chi connectivity index (χ3v) is 6.23. The summed E-state index contributed by atoms with van der Waals surface area (Å²) in [6.45, 7) is 13.5. The molecule has 0 unspecified atom stereocenters. The van der Waals surface area contributed by atoms with Gasteiger partial charge in [0.25, 0.3) is 5.91 Å². The first-order chi connectivity index (χ1) is 15.6. The van der Waals surface area contributed by atoms with Crippen molar-refractivity contribution in [2.75, 3.05) is 27.8 Å². The first-order valence-electron chi connectivity index (χ1n) is 10.8. The summed E-state index contributed by atoms with van der Waals surface area (Å²) in [4.78, 5) is 21.8. The van der Waals surface area contributed by atoms with Gasteiger partial charge in [-0.1, -0.05) is 18.8 Å². The normalized spacial score (nSPS) is 20.2. The number of rotatable bonds is 6. The molecular formula is C25H29FN4O3. The zero-order valence-electron chi connectivity index (χ0n) is 19.8. The monoisotopic (exact) mass is 452 g/mol. The summed E-state index contributed by atoms with van der Waals surface area (Å²) in [5.41, 5.74) is 0.644. The number of fused-ring (bicyclic) bond motifs is 1. The lowest BCUT2D eigenvalue weighted by Crippen LogP contribution is -2.36. The number of aromatic nitrogens is 1. The number of halogens is 1. The Morgan fingerprint density at radius 3 is 2.67 bits per heavy atom. The fraction of sp³-hybridized carbons (Fsp3) is 0.480. The van der Waals surface area contributed by atoms with Crippen LogP contribution >= 0.6 is 0 Å². The van der Waals surface area contributed by atoms with Gasteiger partial charge in [-0.05, 0) is 51.9 Å². The molecule has 33 heavy (non-hydrogen) atoms. The van der Waals surface area contributed by atoms with Crippen LogP contribution in [0.5, 0.6) is 11.6 Å². The second-order valence-electron chi connectivity index (χ2n) is 8.76. The van der Waals surface area contributed by atoms with Crippen LogP contribution < -0.4 is 14.8 Å². The molecule has 7 nitrogen and oxygen atoms in total. The summed E-state index contributed by atoms with van der Waals surface area (Å²) in [7, 11) is 5.41. The number of hydrogen-bond acceptors (Lipinski definition) is 5. The molecule has 3 rings (SSSR count). The number of nitrogens with zero attached hydrogens (tertiary/aromatic N) is 3. The highest BCUT2D eigenvalue weighted by atomic mass is 19.1. The maximum absolute atomic E-state index is 14.1. The fourth-order valence-electron chi connectivity index (χ4n) is 3.62. The number of alkyl halides is 1. The summed E-state index contributed by atoms with van der Waals surface area (Å²) in [6, 6.07) is 2.97. The minimum atomic E-state index is -1.53. The quantitative estimate of drug-likeness (QED) is 0.534. The highest BCUT2D eigenvalue weighted by Gasteiger charge is 2.41. The smallest absolute Gasteiger partial charge is 0.255 e. The summed E-state index contributed by atoms with van der Waals surface area (Å²) < 4.78 is 25.5. The maximum atomic E-state index is 14.1. The second-order valence-corrected chi connectivity index (χ2v) is 8.76. The van der Waals surface area contributed by atoms with Crippen LogP contribution in [0.4, 0.5) is 10.1 Å². The molecule has 2 aromatic rings. The molecule has 1 fully saturated rings. The van der Waals surface area contributed by atoms with Crippen molar-refractivity contribution in [1.29, 1.82) is 0 Å². The predicted molar refractivity (Wildman–Crippen MR) is 125 cm³/mol. The number of carbonyl (C=O) groups excluding carboxylic acids is 1. The van der Waals surface area contributed by atoms with Gasteiger partial charge in [0.15, 0.2) is 6.17 Å². The first-order valence-corrected chi connectivity index (χ1v) is 10.8. The highest BCUT2D eigenvalue weighted by Crippen LogP contribution is 2.37. The van der Waals surface area contributed by atoms with Crippen LogP contribution in [0, 0.1) is 24.3 Å². The minimum Gasteiger partial charge on any atom is -0.508 e. The van der Waals surface area contributed by atoms with E-state index in [-0.39, 0.29) is 12.1 Å². The SMILES string of the molecule is [C-]#[N+]c1cc2c(C#CC(C)(C)N(C)C)cnc(OC[C@H]3NC(=O)[C@@H](F)[C@H]3CC)c2cc1OC. The lowest BCUT2D eigenvalue weighted by Gasteiger charge is -2.26. The number of amides is 1. The van der Waals surface area contributed by atoms with Gasteiger partial charge >= 0.3 is 0 Å². The number of ether oxygens (including phenoxy) is 2. The van der Waals surface area contributed by atoms with E-state index in [1.807, 2.05) is 39.8 Å². The zero-order chi connectivity index (χ0) is 24.3. The van der Waals surface area contributed by atoms with E-state index in [1.165, 1.54) is 7.11 Å². The molecule has 8 heteroatoms. The summed E-state index contributed by atoms with van der Waals surface area (Å²) in [5, 5.41) is 4.00. The van der Waals surface area contributed by atoms with Crippen molar-refractivity contribution >= 4 is 22.4 Å². The second kappa shape index (κ2) is 9.64. The van der Waals surface area contributed by atoms with Gasteiger partial charge in [-0.2, -0.15) is 0 Å². The highest BCUT2D eigenvalue weighted by molar-refractivity contribution is 5.96. The molecule has 1 aromatic heterocycles. The fourth-order valence-corrected chi connectivity index (χ4v) is 3.62. The van der Waals surface area contributed by atoms with E-state index >= 15 is 0 Å². The molecule has 1 aliphatic heterocycles. The molecule has 3 atom stereocenters. The van der Waals surface area contributed by atoms with Crippen molar-refractivity contribution in [2.45, 2.75) is 44.9 Å². The Balaban J connectivity index is 2.04. The summed E-state index contributed by atoms with van der Waals surface area (Å²) in [5.74, 6) is 6.09. The largest absolute Gasteiger partial charge is 0.508 e. The van der Waals surface area contributed by atoms with E-state index in [1.54, 1.807) is 18.3 Å². The van der Waals surface area contributed by atoms with Gasteiger partial charge in [-0.15, -0.1) is 0 Å². The van der Waals surface area contributed by atoms with Crippen molar-refractivity contribution < 1.29 is 18.7 Å². The molecule has 1 aromatic carbocycles. The number of benzene rings is 1. The molecule has 1 amide bonds. The van der Waals surface area contributed by atoms with E-state index in [4.69, 9.17) is 16.0 Å². The Morgan fingerprint density at radius 1 is 1.33 bits per heavy atom. The van der Waals surface area contributed by atoms with E-state index in [0.29, 0.717) is 40.1 Å². The third-order valence-electron chi connectivity index (χ3n) is 6.23. The zero-order valence-corrected chi connectivity index (χ0v) is 19.8. The van der Waals surface area contributed by atoms with Crippen LogP contribution in [0.15, 0.2) is 18.3 Å². The average molecular weight is 453 g/mol. The van der Waals surface area contributed by atoms with Crippen LogP contribution in [0.2, 0.25) is 0 Å². The third kappa shape index (κ3) is 4.86. The van der Waals surface area contributed by atoms with Crippen molar-refractivity contribution in [3.63, 3.8) is 0 Å². The lowest BCUT2D eigenvalue weighted by atomic mass is 9.97. The van der Waals surface area contributed by atoms with Crippen LogP contribution in [0.1, 0.15) is 32.8 Å².